The lowest BCUT2D eigenvalue weighted by Crippen LogP contribution is -2.24. The number of benzene rings is 2. The Morgan fingerprint density at radius 2 is 1.73 bits per heavy atom. The molecular formula is C18H20O4. The molecular weight excluding hydrogens is 280 g/mol. The van der Waals surface area contributed by atoms with Gasteiger partial charge in [-0.2, -0.15) is 0 Å². The van der Waals surface area contributed by atoms with Crippen molar-refractivity contribution in [3.63, 3.8) is 0 Å². The molecule has 116 valence electrons. The summed E-state index contributed by atoms with van der Waals surface area (Å²) in [6.07, 6.45) is -1.14. The van der Waals surface area contributed by atoms with Crippen LogP contribution in [0.25, 0.3) is 11.1 Å². The average Bonchev–Trinajstić information content (AvgIpc) is 2.54. The maximum absolute atomic E-state index is 11.3. The molecule has 2 aromatic carbocycles. The topological polar surface area (TPSA) is 55.8 Å². The zero-order chi connectivity index (χ0) is 16.1. The summed E-state index contributed by atoms with van der Waals surface area (Å²) >= 11 is 0. The quantitative estimate of drug-likeness (QED) is 0.860. The molecule has 0 aliphatic heterocycles. The van der Waals surface area contributed by atoms with E-state index in [1.165, 1.54) is 7.11 Å². The summed E-state index contributed by atoms with van der Waals surface area (Å²) in [5.41, 5.74) is 2.91. The Balaban J connectivity index is 2.15. The predicted octanol–water partition coefficient (Wildman–Crippen LogP) is 3.35. The number of carbonyl (C=O) groups excluding carboxylic acids is 1. The molecule has 2 atom stereocenters. The van der Waals surface area contributed by atoms with Gasteiger partial charge < -0.3 is 14.6 Å². The van der Waals surface area contributed by atoms with Crippen molar-refractivity contribution in [2.45, 2.75) is 26.1 Å². The number of esters is 1. The molecule has 0 aromatic heterocycles. The first-order valence-corrected chi connectivity index (χ1v) is 7.14. The van der Waals surface area contributed by atoms with Crippen molar-refractivity contribution < 1.29 is 19.4 Å². The van der Waals surface area contributed by atoms with Crippen LogP contribution in [0.4, 0.5) is 0 Å². The van der Waals surface area contributed by atoms with Crippen LogP contribution in [0.2, 0.25) is 0 Å². The van der Waals surface area contributed by atoms with Gasteiger partial charge in [0.05, 0.1) is 13.2 Å². The van der Waals surface area contributed by atoms with Gasteiger partial charge in [0.2, 0.25) is 0 Å². The van der Waals surface area contributed by atoms with Gasteiger partial charge in [-0.05, 0) is 48.7 Å². The van der Waals surface area contributed by atoms with E-state index in [2.05, 4.69) is 4.74 Å². The number of ether oxygens (including phenoxy) is 2. The molecule has 0 fully saturated rings. The number of hydrogen-bond donors (Lipinski definition) is 1. The standard InChI is InChI=1S/C18H20O4/c1-12(19)15-5-4-6-16(11-15)14-7-9-17(10-8-14)22-13(2)18(20)21-3/h4-13,19H,1-3H3/t12-,13?/m1/s1. The van der Waals surface area contributed by atoms with Crippen LogP contribution in [0.5, 0.6) is 5.75 Å². The van der Waals surface area contributed by atoms with Gasteiger partial charge >= 0.3 is 5.97 Å². The van der Waals surface area contributed by atoms with E-state index < -0.39 is 18.2 Å². The molecule has 0 saturated carbocycles. The van der Waals surface area contributed by atoms with Gasteiger partial charge in [-0.3, -0.25) is 0 Å². The van der Waals surface area contributed by atoms with Crippen molar-refractivity contribution >= 4 is 5.97 Å². The van der Waals surface area contributed by atoms with Crippen molar-refractivity contribution in [3.05, 3.63) is 54.1 Å². The minimum absolute atomic E-state index is 0.409. The molecule has 0 heterocycles. The predicted molar refractivity (Wildman–Crippen MR) is 84.6 cm³/mol. The Hall–Kier alpha value is -2.33. The fraction of sp³-hybridized carbons (Fsp3) is 0.278. The number of hydrogen-bond acceptors (Lipinski definition) is 4. The van der Waals surface area contributed by atoms with Crippen LogP contribution < -0.4 is 4.74 Å². The van der Waals surface area contributed by atoms with Crippen molar-refractivity contribution in [1.29, 1.82) is 0 Å². The van der Waals surface area contributed by atoms with Crippen LogP contribution >= 0.6 is 0 Å². The molecule has 4 heteroatoms. The van der Waals surface area contributed by atoms with Gasteiger partial charge in [0.15, 0.2) is 6.10 Å². The summed E-state index contributed by atoms with van der Waals surface area (Å²) in [4.78, 5) is 11.3. The van der Waals surface area contributed by atoms with Gasteiger partial charge in [-0.1, -0.05) is 30.3 Å². The van der Waals surface area contributed by atoms with Crippen LogP contribution in [-0.2, 0) is 9.53 Å². The number of methoxy groups -OCH3 is 1. The lowest BCUT2D eigenvalue weighted by atomic mass is 10.0. The van der Waals surface area contributed by atoms with Crippen LogP contribution in [0.1, 0.15) is 25.5 Å². The first kappa shape index (κ1) is 16.0. The Labute approximate surface area is 130 Å². The summed E-state index contributed by atoms with van der Waals surface area (Å²) in [6, 6.07) is 15.2. The van der Waals surface area contributed by atoms with Crippen LogP contribution in [0.3, 0.4) is 0 Å². The molecule has 0 amide bonds. The first-order valence-electron chi connectivity index (χ1n) is 7.14. The smallest absolute Gasteiger partial charge is 0.346 e. The third-order valence-corrected chi connectivity index (χ3v) is 3.40. The van der Waals surface area contributed by atoms with Crippen LogP contribution in [0.15, 0.2) is 48.5 Å². The molecule has 1 unspecified atom stereocenters. The maximum atomic E-state index is 11.3. The van der Waals surface area contributed by atoms with E-state index in [1.54, 1.807) is 13.8 Å². The molecule has 2 rings (SSSR count). The second-order valence-electron chi connectivity index (χ2n) is 5.11. The van der Waals surface area contributed by atoms with Crippen molar-refractivity contribution in [3.8, 4) is 16.9 Å². The van der Waals surface area contributed by atoms with Crippen molar-refractivity contribution in [2.75, 3.05) is 7.11 Å². The molecule has 1 N–H and O–H groups in total. The summed E-state index contributed by atoms with van der Waals surface area (Å²) < 4.78 is 10.1. The largest absolute Gasteiger partial charge is 0.479 e. The Morgan fingerprint density at radius 1 is 1.05 bits per heavy atom. The lowest BCUT2D eigenvalue weighted by Gasteiger charge is -2.13. The Kier molecular flexibility index (Phi) is 5.17. The monoisotopic (exact) mass is 300 g/mol. The van der Waals surface area contributed by atoms with E-state index in [9.17, 15) is 9.90 Å². The van der Waals surface area contributed by atoms with E-state index in [0.29, 0.717) is 5.75 Å². The highest BCUT2D eigenvalue weighted by atomic mass is 16.6. The average molecular weight is 300 g/mol. The van der Waals surface area contributed by atoms with E-state index in [1.807, 2.05) is 48.5 Å². The molecule has 4 nitrogen and oxygen atoms in total. The Bertz CT molecular complexity index is 632. The Morgan fingerprint density at radius 3 is 2.32 bits per heavy atom. The van der Waals surface area contributed by atoms with Gasteiger partial charge in [0.25, 0.3) is 0 Å². The molecule has 0 bridgehead atoms. The third-order valence-electron chi connectivity index (χ3n) is 3.40. The van der Waals surface area contributed by atoms with Crippen LogP contribution in [-0.4, -0.2) is 24.3 Å². The molecule has 0 radical (unpaired) electrons. The zero-order valence-electron chi connectivity index (χ0n) is 12.9. The van der Waals surface area contributed by atoms with E-state index in [0.717, 1.165) is 16.7 Å². The van der Waals surface area contributed by atoms with E-state index >= 15 is 0 Å². The second kappa shape index (κ2) is 7.09. The first-order chi connectivity index (χ1) is 10.5. The fourth-order valence-corrected chi connectivity index (χ4v) is 2.12. The van der Waals surface area contributed by atoms with E-state index in [-0.39, 0.29) is 0 Å². The highest BCUT2D eigenvalue weighted by Crippen LogP contribution is 2.25. The minimum Gasteiger partial charge on any atom is -0.479 e. The summed E-state index contributed by atoms with van der Waals surface area (Å²) in [6.45, 7) is 3.39. The van der Waals surface area contributed by atoms with Gasteiger partial charge in [0, 0.05) is 0 Å². The molecule has 0 saturated heterocycles. The van der Waals surface area contributed by atoms with Gasteiger partial charge in [-0.25, -0.2) is 4.79 Å². The van der Waals surface area contributed by atoms with E-state index in [4.69, 9.17) is 4.74 Å². The summed E-state index contributed by atoms with van der Waals surface area (Å²) in [5, 5.41) is 9.65. The van der Waals surface area contributed by atoms with Gasteiger partial charge in [-0.15, -0.1) is 0 Å². The highest BCUT2D eigenvalue weighted by Gasteiger charge is 2.14. The number of rotatable bonds is 5. The second-order valence-corrected chi connectivity index (χ2v) is 5.11. The number of carbonyl (C=O) groups is 1. The molecule has 2 aromatic rings. The molecule has 22 heavy (non-hydrogen) atoms. The minimum atomic E-state index is -0.644. The molecule has 0 aliphatic rings. The zero-order valence-corrected chi connectivity index (χ0v) is 12.9. The molecule has 0 spiro atoms. The highest BCUT2D eigenvalue weighted by molar-refractivity contribution is 5.74. The fourth-order valence-electron chi connectivity index (χ4n) is 2.12. The summed E-state index contributed by atoms with van der Waals surface area (Å²) in [5.74, 6) is 0.196. The van der Waals surface area contributed by atoms with Gasteiger partial charge in [0.1, 0.15) is 5.75 Å². The molecule has 0 aliphatic carbocycles. The lowest BCUT2D eigenvalue weighted by molar-refractivity contribution is -0.147. The van der Waals surface area contributed by atoms with Crippen molar-refractivity contribution in [1.82, 2.24) is 0 Å². The third kappa shape index (κ3) is 3.86. The number of aliphatic hydroxyl groups is 1. The van der Waals surface area contributed by atoms with Crippen molar-refractivity contribution in [2.24, 2.45) is 0 Å². The number of aliphatic hydroxyl groups excluding tert-OH is 1. The normalized spacial score (nSPS) is 13.3. The summed E-state index contributed by atoms with van der Waals surface area (Å²) in [7, 11) is 1.33. The SMILES string of the molecule is COC(=O)C(C)Oc1ccc(-c2cccc([C@@H](C)O)c2)cc1. The van der Waals surface area contributed by atoms with Crippen LogP contribution in [0, 0.1) is 0 Å². The maximum Gasteiger partial charge on any atom is 0.346 e.